The van der Waals surface area contributed by atoms with Gasteiger partial charge in [0.1, 0.15) is 12.0 Å². The fourth-order valence-corrected chi connectivity index (χ4v) is 5.25. The maximum Gasteiger partial charge on any atom is 0.309 e. The number of nitrogens with one attached hydrogen (secondary N) is 2. The van der Waals surface area contributed by atoms with E-state index in [1.807, 2.05) is 13.0 Å². The zero-order chi connectivity index (χ0) is 23.3. The van der Waals surface area contributed by atoms with Crippen molar-refractivity contribution in [1.29, 1.82) is 0 Å². The van der Waals surface area contributed by atoms with Crippen molar-refractivity contribution in [1.82, 2.24) is 14.9 Å². The van der Waals surface area contributed by atoms with Crippen LogP contribution < -0.4 is 10.6 Å². The van der Waals surface area contributed by atoms with E-state index < -0.39 is 33.9 Å². The molecule has 172 valence electrons. The number of nitrogens with zero attached hydrogens (tertiary/aromatic N) is 1. The lowest BCUT2D eigenvalue weighted by Gasteiger charge is -2.35. The number of hydrogen-bond acceptors (Lipinski definition) is 5. The van der Waals surface area contributed by atoms with E-state index in [-0.39, 0.29) is 30.1 Å². The summed E-state index contributed by atoms with van der Waals surface area (Å²) >= 11 is 0. The SMILES string of the molecule is Cc1ccc(C)c(S(=O)(=O)N2CCCOC2CNC(=O)C(=O)NCc2ccccc2F)c1. The fraction of sp³-hybridized carbons (Fsp3) is 0.364. The fourth-order valence-electron chi connectivity index (χ4n) is 3.37. The second kappa shape index (κ2) is 10.2. The van der Waals surface area contributed by atoms with Crippen molar-refractivity contribution < 1.29 is 27.1 Å². The molecule has 0 radical (unpaired) electrons. The van der Waals surface area contributed by atoms with Crippen molar-refractivity contribution in [2.24, 2.45) is 0 Å². The summed E-state index contributed by atoms with van der Waals surface area (Å²) in [4.78, 5) is 24.4. The van der Waals surface area contributed by atoms with Crippen molar-refractivity contribution >= 4 is 21.8 Å². The molecule has 1 aliphatic heterocycles. The first-order valence-electron chi connectivity index (χ1n) is 10.2. The smallest absolute Gasteiger partial charge is 0.309 e. The molecule has 8 nitrogen and oxygen atoms in total. The second-order valence-corrected chi connectivity index (χ2v) is 9.41. The molecule has 0 aliphatic carbocycles. The molecule has 2 amide bonds. The van der Waals surface area contributed by atoms with Crippen LogP contribution in [-0.2, 0) is 30.9 Å². The first kappa shape index (κ1) is 23.8. The number of benzene rings is 2. The van der Waals surface area contributed by atoms with Gasteiger partial charge in [0.15, 0.2) is 0 Å². The second-order valence-electron chi connectivity index (χ2n) is 7.55. The van der Waals surface area contributed by atoms with Gasteiger partial charge in [-0.15, -0.1) is 0 Å². The van der Waals surface area contributed by atoms with Crippen LogP contribution in [0.15, 0.2) is 47.4 Å². The maximum absolute atomic E-state index is 13.6. The topological polar surface area (TPSA) is 105 Å². The van der Waals surface area contributed by atoms with Gasteiger partial charge in [-0.25, -0.2) is 12.8 Å². The maximum atomic E-state index is 13.6. The highest BCUT2D eigenvalue weighted by Crippen LogP contribution is 2.25. The molecule has 1 heterocycles. The Labute approximate surface area is 186 Å². The van der Waals surface area contributed by atoms with Crippen LogP contribution in [0.4, 0.5) is 4.39 Å². The predicted molar refractivity (Wildman–Crippen MR) is 115 cm³/mol. The monoisotopic (exact) mass is 463 g/mol. The van der Waals surface area contributed by atoms with Crippen LogP contribution in [0.3, 0.4) is 0 Å². The number of carbonyl (C=O) groups excluding carboxylic acids is 2. The molecule has 2 N–H and O–H groups in total. The minimum atomic E-state index is -3.87. The van der Waals surface area contributed by atoms with Gasteiger partial charge in [-0.1, -0.05) is 30.3 Å². The van der Waals surface area contributed by atoms with E-state index in [1.165, 1.54) is 22.5 Å². The molecule has 0 aromatic heterocycles. The molecule has 1 atom stereocenters. The highest BCUT2D eigenvalue weighted by molar-refractivity contribution is 7.89. The van der Waals surface area contributed by atoms with E-state index in [9.17, 15) is 22.4 Å². The molecular formula is C22H26FN3O5S. The summed E-state index contributed by atoms with van der Waals surface area (Å²) in [5.74, 6) is -2.40. The number of carbonyl (C=O) groups is 2. The Bertz CT molecular complexity index is 1110. The molecule has 2 aromatic rings. The normalized spacial score (nSPS) is 17.0. The highest BCUT2D eigenvalue weighted by atomic mass is 32.2. The van der Waals surface area contributed by atoms with Crippen LogP contribution >= 0.6 is 0 Å². The third-order valence-corrected chi connectivity index (χ3v) is 7.16. The average Bonchev–Trinajstić information content (AvgIpc) is 2.78. The summed E-state index contributed by atoms with van der Waals surface area (Å²) in [6, 6.07) is 11.1. The van der Waals surface area contributed by atoms with Crippen molar-refractivity contribution in [3.05, 3.63) is 65.0 Å². The van der Waals surface area contributed by atoms with E-state index >= 15 is 0 Å². The van der Waals surface area contributed by atoms with Crippen LogP contribution in [0, 0.1) is 19.7 Å². The Morgan fingerprint density at radius 2 is 1.84 bits per heavy atom. The van der Waals surface area contributed by atoms with Gasteiger partial charge in [-0.2, -0.15) is 4.31 Å². The lowest BCUT2D eigenvalue weighted by molar-refractivity contribution is -0.140. The molecule has 1 aliphatic rings. The minimum Gasteiger partial charge on any atom is -0.360 e. The summed E-state index contributed by atoms with van der Waals surface area (Å²) in [5.41, 5.74) is 1.66. The molecule has 1 fully saturated rings. The van der Waals surface area contributed by atoms with Gasteiger partial charge in [0.05, 0.1) is 18.0 Å². The number of hydrogen-bond donors (Lipinski definition) is 2. The lowest BCUT2D eigenvalue weighted by atomic mass is 10.2. The molecule has 0 saturated carbocycles. The van der Waals surface area contributed by atoms with Gasteiger partial charge < -0.3 is 15.4 Å². The van der Waals surface area contributed by atoms with Crippen LogP contribution in [0.25, 0.3) is 0 Å². The standard InChI is InChI=1S/C22H26FN3O5S/c1-15-8-9-16(2)19(12-15)32(29,30)26-10-5-11-31-20(26)14-25-22(28)21(27)24-13-17-6-3-4-7-18(17)23/h3-4,6-9,12,20H,5,10-11,13-14H2,1-2H3,(H,24,27)(H,25,28). The first-order valence-corrected chi connectivity index (χ1v) is 11.6. The van der Waals surface area contributed by atoms with E-state index in [2.05, 4.69) is 10.6 Å². The number of halogens is 1. The zero-order valence-electron chi connectivity index (χ0n) is 17.9. The van der Waals surface area contributed by atoms with Gasteiger partial charge in [0.25, 0.3) is 0 Å². The summed E-state index contributed by atoms with van der Waals surface area (Å²) in [5, 5.41) is 4.75. The van der Waals surface area contributed by atoms with Crippen LogP contribution in [-0.4, -0.2) is 50.5 Å². The largest absolute Gasteiger partial charge is 0.360 e. The number of rotatable bonds is 6. The quantitative estimate of drug-likeness (QED) is 0.634. The van der Waals surface area contributed by atoms with Crippen molar-refractivity contribution in [3.8, 4) is 0 Å². The molecule has 1 unspecified atom stereocenters. The van der Waals surface area contributed by atoms with Crippen molar-refractivity contribution in [3.63, 3.8) is 0 Å². The first-order chi connectivity index (χ1) is 15.2. The minimum absolute atomic E-state index is 0.147. The molecule has 3 rings (SSSR count). The summed E-state index contributed by atoms with van der Waals surface area (Å²) in [6.07, 6.45) is -0.436. The molecule has 32 heavy (non-hydrogen) atoms. The van der Waals surface area contributed by atoms with E-state index in [4.69, 9.17) is 4.74 Å². The van der Waals surface area contributed by atoms with Crippen LogP contribution in [0.1, 0.15) is 23.1 Å². The van der Waals surface area contributed by atoms with Crippen LogP contribution in [0.2, 0.25) is 0 Å². The van der Waals surface area contributed by atoms with Crippen LogP contribution in [0.5, 0.6) is 0 Å². The summed E-state index contributed by atoms with van der Waals surface area (Å²) in [6.45, 7) is 3.74. The predicted octanol–water partition coefficient (Wildman–Crippen LogP) is 1.61. The molecule has 10 heteroatoms. The van der Waals surface area contributed by atoms with E-state index in [0.717, 1.165) is 5.56 Å². The Kier molecular flexibility index (Phi) is 7.60. The Balaban J connectivity index is 1.64. The third-order valence-electron chi connectivity index (χ3n) is 5.13. The number of amides is 2. The molecule has 0 bridgehead atoms. The molecule has 0 spiro atoms. The van der Waals surface area contributed by atoms with Gasteiger partial charge in [0, 0.05) is 18.7 Å². The average molecular weight is 464 g/mol. The van der Waals surface area contributed by atoms with Gasteiger partial charge in [-0.3, -0.25) is 9.59 Å². The Morgan fingerprint density at radius 1 is 1.12 bits per heavy atom. The molecule has 2 aromatic carbocycles. The Morgan fingerprint density at radius 3 is 2.59 bits per heavy atom. The number of aryl methyl sites for hydroxylation is 2. The van der Waals surface area contributed by atoms with E-state index in [0.29, 0.717) is 18.6 Å². The van der Waals surface area contributed by atoms with Gasteiger partial charge in [-0.05, 0) is 43.5 Å². The van der Waals surface area contributed by atoms with E-state index in [1.54, 1.807) is 25.1 Å². The van der Waals surface area contributed by atoms with Gasteiger partial charge >= 0.3 is 11.8 Å². The summed E-state index contributed by atoms with van der Waals surface area (Å²) in [7, 11) is -3.87. The zero-order valence-corrected chi connectivity index (χ0v) is 18.7. The summed E-state index contributed by atoms with van der Waals surface area (Å²) < 4.78 is 47.0. The molecular weight excluding hydrogens is 437 g/mol. The third kappa shape index (κ3) is 5.50. The highest BCUT2D eigenvalue weighted by Gasteiger charge is 2.35. The number of ether oxygens (including phenoxy) is 1. The molecule has 1 saturated heterocycles. The van der Waals surface area contributed by atoms with Crippen molar-refractivity contribution in [2.45, 2.75) is 37.9 Å². The lowest BCUT2D eigenvalue weighted by Crippen LogP contribution is -2.53. The van der Waals surface area contributed by atoms with Crippen molar-refractivity contribution in [2.75, 3.05) is 19.7 Å². The van der Waals surface area contributed by atoms with Gasteiger partial charge in [0.2, 0.25) is 10.0 Å². The Hall–Kier alpha value is -2.82. The number of sulfonamides is 1.